The van der Waals surface area contributed by atoms with Gasteiger partial charge in [-0.2, -0.15) is 5.90 Å². The van der Waals surface area contributed by atoms with Gasteiger partial charge in [0.15, 0.2) is 0 Å². The molecular weight excluding hydrogens is 385 g/mol. The first kappa shape index (κ1) is 21.3. The Morgan fingerprint density at radius 2 is 1.87 bits per heavy atom. The number of nitrogens with two attached hydrogens (primary N) is 1. The van der Waals surface area contributed by atoms with Crippen LogP contribution in [0.2, 0.25) is 0 Å². The Kier molecular flexibility index (Phi) is 7.34. The Balaban J connectivity index is 2.07. The van der Waals surface area contributed by atoms with Crippen LogP contribution in [0.15, 0.2) is 79.1 Å². The number of hydrogen-bond donors (Lipinski definition) is 2. The van der Waals surface area contributed by atoms with Gasteiger partial charge in [0.1, 0.15) is 11.6 Å². The molecule has 1 heterocycles. The van der Waals surface area contributed by atoms with E-state index in [0.717, 1.165) is 16.7 Å². The Hall–Kier alpha value is -3.45. The number of benzene rings is 2. The summed E-state index contributed by atoms with van der Waals surface area (Å²) in [6.07, 6.45) is 6.58. The molecule has 3 rings (SSSR count). The molecule has 0 aliphatic carbocycles. The number of carboxylic acid groups (broad SMARTS) is 1. The van der Waals surface area contributed by atoms with Crippen molar-refractivity contribution >= 4 is 11.5 Å². The van der Waals surface area contributed by atoms with Crippen LogP contribution in [0.3, 0.4) is 0 Å². The molecule has 0 aliphatic rings. The van der Waals surface area contributed by atoms with Gasteiger partial charge in [0.05, 0.1) is 12.4 Å². The summed E-state index contributed by atoms with van der Waals surface area (Å²) in [5.41, 5.74) is 2.69. The van der Waals surface area contributed by atoms with E-state index in [9.17, 15) is 9.18 Å². The minimum Gasteiger partial charge on any atom is -0.481 e. The molecule has 30 heavy (non-hydrogen) atoms. The van der Waals surface area contributed by atoms with Crippen LogP contribution in [0, 0.1) is 5.82 Å². The van der Waals surface area contributed by atoms with Crippen LogP contribution < -0.4 is 5.90 Å². The number of hydrogen-bond acceptors (Lipinski definition) is 4. The highest BCUT2D eigenvalue weighted by atomic mass is 19.1. The predicted octanol–water partition coefficient (Wildman–Crippen LogP) is 4.36. The first-order valence-corrected chi connectivity index (χ1v) is 9.67. The molecule has 156 valence electrons. The van der Waals surface area contributed by atoms with E-state index in [-0.39, 0.29) is 18.3 Å². The lowest BCUT2D eigenvalue weighted by molar-refractivity contribution is -0.137. The van der Waals surface area contributed by atoms with Crippen molar-refractivity contribution in [1.29, 1.82) is 0 Å². The maximum atomic E-state index is 13.4. The van der Waals surface area contributed by atoms with E-state index in [1.54, 1.807) is 24.7 Å². The average molecular weight is 409 g/mol. The molecule has 0 spiro atoms. The fraction of sp³-hybridized carbons (Fsp3) is 0.217. The number of imidazole rings is 1. The van der Waals surface area contributed by atoms with E-state index >= 15 is 0 Å². The monoisotopic (exact) mass is 409 g/mol. The molecule has 2 aromatic carbocycles. The first-order valence-electron chi connectivity index (χ1n) is 9.67. The van der Waals surface area contributed by atoms with E-state index < -0.39 is 5.97 Å². The first-order chi connectivity index (χ1) is 14.6. The standard InChI is InChI=1S/C23H24FN3O3/c24-19-11-9-17(10-12-19)15-20(27-14-13-26-16-27)23(18-5-2-1-3-6-18)21(30-25)7-4-8-22(28)29/h1-3,5-6,9-14,16,20H,4,7-8,15,25H2,(H,28,29). The molecule has 0 fully saturated rings. The minimum absolute atomic E-state index is 0.0165. The van der Waals surface area contributed by atoms with E-state index in [1.807, 2.05) is 41.1 Å². The molecule has 0 aliphatic heterocycles. The lowest BCUT2D eigenvalue weighted by atomic mass is 9.90. The van der Waals surface area contributed by atoms with Crippen LogP contribution in [0.4, 0.5) is 4.39 Å². The van der Waals surface area contributed by atoms with Gasteiger partial charge in [0, 0.05) is 30.8 Å². The van der Waals surface area contributed by atoms with Gasteiger partial charge in [-0.1, -0.05) is 42.5 Å². The van der Waals surface area contributed by atoms with Crippen LogP contribution in [0.1, 0.15) is 36.4 Å². The molecule has 0 saturated carbocycles. The molecular formula is C23H24FN3O3. The van der Waals surface area contributed by atoms with E-state index in [0.29, 0.717) is 25.0 Å². The van der Waals surface area contributed by atoms with E-state index in [4.69, 9.17) is 15.8 Å². The predicted molar refractivity (Wildman–Crippen MR) is 111 cm³/mol. The van der Waals surface area contributed by atoms with Gasteiger partial charge in [-0.25, -0.2) is 9.37 Å². The highest BCUT2D eigenvalue weighted by molar-refractivity contribution is 5.71. The molecule has 3 N–H and O–H groups in total. The molecule has 0 saturated heterocycles. The Bertz CT molecular complexity index is 971. The zero-order valence-electron chi connectivity index (χ0n) is 16.4. The van der Waals surface area contributed by atoms with Gasteiger partial charge in [-0.3, -0.25) is 4.79 Å². The largest absolute Gasteiger partial charge is 0.481 e. The summed E-state index contributed by atoms with van der Waals surface area (Å²) in [5, 5.41) is 9.00. The number of aliphatic carboxylic acids is 1. The third-order valence-electron chi connectivity index (χ3n) is 4.88. The second kappa shape index (κ2) is 10.4. The fourth-order valence-electron chi connectivity index (χ4n) is 3.47. The number of halogens is 1. The maximum Gasteiger partial charge on any atom is 0.303 e. The summed E-state index contributed by atoms with van der Waals surface area (Å²) in [6.45, 7) is 0. The van der Waals surface area contributed by atoms with Crippen LogP contribution in [-0.4, -0.2) is 20.6 Å². The number of carboxylic acids is 1. The fourth-order valence-corrected chi connectivity index (χ4v) is 3.47. The quantitative estimate of drug-likeness (QED) is 0.383. The van der Waals surface area contributed by atoms with Crippen LogP contribution >= 0.6 is 0 Å². The molecule has 0 radical (unpaired) electrons. The third kappa shape index (κ3) is 5.55. The molecule has 6 nitrogen and oxygen atoms in total. The zero-order chi connectivity index (χ0) is 21.3. The highest BCUT2D eigenvalue weighted by Gasteiger charge is 2.24. The molecule has 1 aromatic heterocycles. The summed E-state index contributed by atoms with van der Waals surface area (Å²) in [4.78, 5) is 20.4. The number of rotatable bonds is 10. The van der Waals surface area contributed by atoms with Crippen molar-refractivity contribution in [1.82, 2.24) is 9.55 Å². The number of carbonyl (C=O) groups is 1. The number of allylic oxidation sites excluding steroid dienone is 2. The Morgan fingerprint density at radius 3 is 2.47 bits per heavy atom. The molecule has 7 heteroatoms. The Labute approximate surface area is 174 Å². The van der Waals surface area contributed by atoms with Crippen LogP contribution in [0.25, 0.3) is 5.57 Å². The van der Waals surface area contributed by atoms with E-state index in [2.05, 4.69) is 4.98 Å². The summed E-state index contributed by atoms with van der Waals surface area (Å²) in [6, 6.07) is 15.8. The van der Waals surface area contributed by atoms with Crippen LogP contribution in [-0.2, 0) is 16.1 Å². The summed E-state index contributed by atoms with van der Waals surface area (Å²) >= 11 is 0. The average Bonchev–Trinajstić information content (AvgIpc) is 3.28. The summed E-state index contributed by atoms with van der Waals surface area (Å²) < 4.78 is 15.3. The van der Waals surface area contributed by atoms with Crippen molar-refractivity contribution in [2.24, 2.45) is 5.90 Å². The molecule has 0 amide bonds. The van der Waals surface area contributed by atoms with Crippen molar-refractivity contribution in [3.8, 4) is 0 Å². The van der Waals surface area contributed by atoms with Gasteiger partial charge < -0.3 is 14.5 Å². The van der Waals surface area contributed by atoms with Crippen molar-refractivity contribution in [2.75, 3.05) is 0 Å². The zero-order valence-corrected chi connectivity index (χ0v) is 16.4. The van der Waals surface area contributed by atoms with Gasteiger partial charge in [-0.15, -0.1) is 0 Å². The van der Waals surface area contributed by atoms with Gasteiger partial charge >= 0.3 is 5.97 Å². The highest BCUT2D eigenvalue weighted by Crippen LogP contribution is 2.35. The summed E-state index contributed by atoms with van der Waals surface area (Å²) in [5.74, 6) is 5.00. The van der Waals surface area contributed by atoms with Gasteiger partial charge in [-0.05, 0) is 36.1 Å². The molecule has 1 unspecified atom stereocenters. The maximum absolute atomic E-state index is 13.4. The lowest BCUT2D eigenvalue weighted by Gasteiger charge is -2.25. The molecule has 3 aromatic rings. The number of aromatic nitrogens is 2. The number of nitrogens with zero attached hydrogens (tertiary/aromatic N) is 2. The normalized spacial score (nSPS) is 12.9. The third-order valence-corrected chi connectivity index (χ3v) is 4.88. The topological polar surface area (TPSA) is 90.4 Å². The summed E-state index contributed by atoms with van der Waals surface area (Å²) in [7, 11) is 0. The molecule has 0 bridgehead atoms. The Morgan fingerprint density at radius 1 is 1.13 bits per heavy atom. The van der Waals surface area contributed by atoms with Gasteiger partial charge in [0.25, 0.3) is 0 Å². The lowest BCUT2D eigenvalue weighted by Crippen LogP contribution is -2.17. The second-order valence-electron chi connectivity index (χ2n) is 6.92. The van der Waals surface area contributed by atoms with Gasteiger partial charge in [0.2, 0.25) is 0 Å². The van der Waals surface area contributed by atoms with E-state index in [1.165, 1.54) is 12.1 Å². The molecule has 1 atom stereocenters. The van der Waals surface area contributed by atoms with Crippen molar-refractivity contribution < 1.29 is 19.1 Å². The van der Waals surface area contributed by atoms with Crippen LogP contribution in [0.5, 0.6) is 0 Å². The smallest absolute Gasteiger partial charge is 0.303 e. The second-order valence-corrected chi connectivity index (χ2v) is 6.92. The van der Waals surface area contributed by atoms with Crippen molar-refractivity contribution in [3.05, 3.63) is 96.0 Å². The minimum atomic E-state index is -0.870. The SMILES string of the molecule is NOC(CCCC(=O)O)=C(c1ccccc1)C(Cc1ccc(F)cc1)n1ccnc1. The van der Waals surface area contributed by atoms with Crippen molar-refractivity contribution in [2.45, 2.75) is 31.7 Å². The van der Waals surface area contributed by atoms with Crippen molar-refractivity contribution in [3.63, 3.8) is 0 Å².